The number of nitrogens with two attached hydrogens (primary N) is 1. The van der Waals surface area contributed by atoms with Crippen LogP contribution in [0.5, 0.6) is 0 Å². The van der Waals surface area contributed by atoms with Crippen LogP contribution in [0.1, 0.15) is 24.2 Å². The van der Waals surface area contributed by atoms with Gasteiger partial charge in [0.15, 0.2) is 0 Å². The first-order valence-electron chi connectivity index (χ1n) is 8.17. The number of nitrogens with one attached hydrogen (secondary N) is 1. The number of hydrogen-bond acceptors (Lipinski definition) is 5. The standard InChI is InChI=1S/C16H23F2N3O4S/c1-11-7-21(8-12(2)25-11)26(23,24)14-5-3-13(4-6-14)15(22)20-10-16(17,18)9-19/h3-6,11-12H,7-10,19H2,1-2H3,(H,20,22). The van der Waals surface area contributed by atoms with Crippen molar-refractivity contribution >= 4 is 15.9 Å². The summed E-state index contributed by atoms with van der Waals surface area (Å²) >= 11 is 0. The summed E-state index contributed by atoms with van der Waals surface area (Å²) in [6, 6.07) is 5.15. The summed E-state index contributed by atoms with van der Waals surface area (Å²) in [6.07, 6.45) is -0.439. The smallest absolute Gasteiger partial charge is 0.277 e. The van der Waals surface area contributed by atoms with Crippen molar-refractivity contribution in [2.45, 2.75) is 36.9 Å². The predicted octanol–water partition coefficient (Wildman–Crippen LogP) is 0.808. The van der Waals surface area contributed by atoms with E-state index in [0.29, 0.717) is 0 Å². The Bertz CT molecular complexity index is 730. The van der Waals surface area contributed by atoms with Crippen LogP contribution in [0.25, 0.3) is 0 Å². The number of rotatable bonds is 6. The molecule has 10 heteroatoms. The minimum Gasteiger partial charge on any atom is -0.373 e. The van der Waals surface area contributed by atoms with Crippen molar-refractivity contribution in [1.82, 2.24) is 9.62 Å². The van der Waals surface area contributed by atoms with Crippen molar-refractivity contribution in [2.24, 2.45) is 5.73 Å². The molecule has 1 aromatic rings. The second-order valence-corrected chi connectivity index (χ2v) is 8.28. The minimum absolute atomic E-state index is 0.0302. The first kappa shape index (κ1) is 20.7. The fourth-order valence-corrected chi connectivity index (χ4v) is 4.23. The summed E-state index contributed by atoms with van der Waals surface area (Å²) < 4.78 is 58.5. The van der Waals surface area contributed by atoms with Crippen LogP contribution in [0.2, 0.25) is 0 Å². The topological polar surface area (TPSA) is 102 Å². The molecule has 1 heterocycles. The number of carbonyl (C=O) groups excluding carboxylic acids is 1. The fourth-order valence-electron chi connectivity index (χ4n) is 2.64. The third-order valence-electron chi connectivity index (χ3n) is 3.95. The molecule has 0 spiro atoms. The molecule has 0 aliphatic carbocycles. The molecule has 1 aromatic carbocycles. The van der Waals surface area contributed by atoms with Crippen LogP contribution < -0.4 is 11.1 Å². The van der Waals surface area contributed by atoms with Gasteiger partial charge >= 0.3 is 0 Å². The Morgan fingerprint density at radius 3 is 2.31 bits per heavy atom. The molecule has 1 amide bonds. The molecule has 1 saturated heterocycles. The summed E-state index contributed by atoms with van der Waals surface area (Å²) in [6.45, 7) is 2.31. The number of sulfonamides is 1. The van der Waals surface area contributed by atoms with Crippen LogP contribution in [0.3, 0.4) is 0 Å². The van der Waals surface area contributed by atoms with E-state index in [1.54, 1.807) is 13.8 Å². The molecule has 3 N–H and O–H groups in total. The van der Waals surface area contributed by atoms with Crippen molar-refractivity contribution in [2.75, 3.05) is 26.2 Å². The summed E-state index contributed by atoms with van der Waals surface area (Å²) in [7, 11) is -3.72. The van der Waals surface area contributed by atoms with Crippen molar-refractivity contribution in [3.8, 4) is 0 Å². The zero-order valence-electron chi connectivity index (χ0n) is 14.6. The lowest BCUT2D eigenvalue weighted by Crippen LogP contribution is -2.48. The second kappa shape index (κ2) is 7.95. The maximum atomic E-state index is 13.1. The van der Waals surface area contributed by atoms with Gasteiger partial charge in [0.05, 0.1) is 30.2 Å². The number of hydrogen-bond donors (Lipinski definition) is 2. The number of alkyl halides is 2. The Balaban J connectivity index is 2.09. The Hall–Kier alpha value is -1.62. The van der Waals surface area contributed by atoms with Gasteiger partial charge in [-0.05, 0) is 38.1 Å². The third-order valence-corrected chi connectivity index (χ3v) is 5.79. The van der Waals surface area contributed by atoms with Crippen LogP contribution in [-0.2, 0) is 14.8 Å². The largest absolute Gasteiger partial charge is 0.373 e. The highest BCUT2D eigenvalue weighted by Gasteiger charge is 2.32. The highest BCUT2D eigenvalue weighted by atomic mass is 32.2. The molecule has 2 rings (SSSR count). The van der Waals surface area contributed by atoms with E-state index in [4.69, 9.17) is 10.5 Å². The lowest BCUT2D eigenvalue weighted by Gasteiger charge is -2.34. The molecule has 2 atom stereocenters. The highest BCUT2D eigenvalue weighted by molar-refractivity contribution is 7.89. The van der Waals surface area contributed by atoms with E-state index in [1.807, 2.05) is 0 Å². The molecule has 26 heavy (non-hydrogen) atoms. The number of benzene rings is 1. The average Bonchev–Trinajstić information content (AvgIpc) is 2.59. The van der Waals surface area contributed by atoms with Gasteiger partial charge < -0.3 is 15.8 Å². The highest BCUT2D eigenvalue weighted by Crippen LogP contribution is 2.21. The lowest BCUT2D eigenvalue weighted by molar-refractivity contribution is -0.0440. The van der Waals surface area contributed by atoms with Crippen LogP contribution in [0, 0.1) is 0 Å². The van der Waals surface area contributed by atoms with E-state index >= 15 is 0 Å². The van der Waals surface area contributed by atoms with E-state index in [9.17, 15) is 22.0 Å². The van der Waals surface area contributed by atoms with Crippen molar-refractivity contribution in [3.63, 3.8) is 0 Å². The maximum absolute atomic E-state index is 13.1. The quantitative estimate of drug-likeness (QED) is 0.747. The Labute approximate surface area is 151 Å². The molecule has 7 nitrogen and oxygen atoms in total. The molecule has 1 fully saturated rings. The van der Waals surface area contributed by atoms with Gasteiger partial charge in [0.2, 0.25) is 10.0 Å². The monoisotopic (exact) mass is 391 g/mol. The van der Waals surface area contributed by atoms with E-state index in [2.05, 4.69) is 5.32 Å². The fraction of sp³-hybridized carbons (Fsp3) is 0.562. The second-order valence-electron chi connectivity index (χ2n) is 6.35. The Morgan fingerprint density at radius 1 is 1.27 bits per heavy atom. The molecular weight excluding hydrogens is 368 g/mol. The molecule has 146 valence electrons. The molecule has 0 radical (unpaired) electrons. The molecule has 1 aliphatic rings. The summed E-state index contributed by atoms with van der Waals surface area (Å²) in [5.41, 5.74) is 4.99. The number of carbonyl (C=O) groups is 1. The molecular formula is C16H23F2N3O4S. The number of morpholine rings is 1. The van der Waals surface area contributed by atoms with E-state index in [1.165, 1.54) is 28.6 Å². The van der Waals surface area contributed by atoms with E-state index in [0.717, 1.165) is 0 Å². The van der Waals surface area contributed by atoms with E-state index in [-0.39, 0.29) is 35.8 Å². The van der Waals surface area contributed by atoms with Crippen LogP contribution in [0.15, 0.2) is 29.2 Å². The summed E-state index contributed by atoms with van der Waals surface area (Å²) in [5, 5.41) is 2.08. The van der Waals surface area contributed by atoms with E-state index < -0.39 is 34.9 Å². The zero-order valence-corrected chi connectivity index (χ0v) is 15.4. The van der Waals surface area contributed by atoms with Crippen molar-refractivity contribution in [3.05, 3.63) is 29.8 Å². The Kier molecular flexibility index (Phi) is 6.33. The van der Waals surface area contributed by atoms with Crippen molar-refractivity contribution < 1.29 is 26.7 Å². The summed E-state index contributed by atoms with van der Waals surface area (Å²) in [4.78, 5) is 11.9. The van der Waals surface area contributed by atoms with Gasteiger partial charge in [0, 0.05) is 18.7 Å². The number of amides is 1. The van der Waals surface area contributed by atoms with Crippen LogP contribution in [-0.4, -0.2) is 62.9 Å². The molecule has 0 bridgehead atoms. The van der Waals surface area contributed by atoms with Gasteiger partial charge in [-0.15, -0.1) is 0 Å². The first-order valence-corrected chi connectivity index (χ1v) is 9.61. The van der Waals surface area contributed by atoms with Crippen LogP contribution in [0.4, 0.5) is 8.78 Å². The average molecular weight is 391 g/mol. The van der Waals surface area contributed by atoms with Gasteiger partial charge in [-0.3, -0.25) is 4.79 Å². The van der Waals surface area contributed by atoms with Crippen molar-refractivity contribution in [1.29, 1.82) is 0 Å². The maximum Gasteiger partial charge on any atom is 0.277 e. The molecule has 0 saturated carbocycles. The molecule has 0 aromatic heterocycles. The number of ether oxygens (including phenoxy) is 1. The van der Waals surface area contributed by atoms with Gasteiger partial charge in [0.1, 0.15) is 0 Å². The Morgan fingerprint density at radius 2 is 1.81 bits per heavy atom. The van der Waals surface area contributed by atoms with Gasteiger partial charge in [-0.2, -0.15) is 4.31 Å². The van der Waals surface area contributed by atoms with Crippen LogP contribution >= 0.6 is 0 Å². The predicted molar refractivity (Wildman–Crippen MR) is 91.5 cm³/mol. The van der Waals surface area contributed by atoms with Gasteiger partial charge in [0.25, 0.3) is 11.8 Å². The summed E-state index contributed by atoms with van der Waals surface area (Å²) in [5.74, 6) is -3.92. The molecule has 2 unspecified atom stereocenters. The minimum atomic E-state index is -3.72. The number of halogens is 2. The van der Waals surface area contributed by atoms with Gasteiger partial charge in [-0.25, -0.2) is 17.2 Å². The first-order chi connectivity index (χ1) is 12.0. The lowest BCUT2D eigenvalue weighted by atomic mass is 10.2. The molecule has 1 aliphatic heterocycles. The number of nitrogens with zero attached hydrogens (tertiary/aromatic N) is 1. The normalized spacial score (nSPS) is 22.2. The third kappa shape index (κ3) is 4.97. The zero-order chi connectivity index (χ0) is 19.5. The van der Waals surface area contributed by atoms with Gasteiger partial charge in [-0.1, -0.05) is 0 Å². The SMILES string of the molecule is CC1CN(S(=O)(=O)c2ccc(C(=O)NCC(F)(F)CN)cc2)CC(C)O1.